The second-order valence-corrected chi connectivity index (χ2v) is 10.00. The van der Waals surface area contributed by atoms with E-state index in [2.05, 4.69) is 16.4 Å². The number of hydrogen-bond donors (Lipinski definition) is 1. The third-order valence-electron chi connectivity index (χ3n) is 5.96. The van der Waals surface area contributed by atoms with Gasteiger partial charge in [0.05, 0.1) is 10.6 Å². The summed E-state index contributed by atoms with van der Waals surface area (Å²) in [4.78, 5) is 17.8. The lowest BCUT2D eigenvalue weighted by Crippen LogP contribution is -2.13. The Balaban J connectivity index is 1.41. The molecule has 0 radical (unpaired) electrons. The van der Waals surface area contributed by atoms with Gasteiger partial charge in [-0.15, -0.1) is 11.3 Å². The van der Waals surface area contributed by atoms with Gasteiger partial charge in [-0.3, -0.25) is 10.1 Å². The van der Waals surface area contributed by atoms with Crippen LogP contribution in [0.2, 0.25) is 5.02 Å². The molecule has 4 aromatic carbocycles. The third kappa shape index (κ3) is 5.25. The molecule has 0 unspecified atom stereocenters. The standard InChI is InChI=1S/C29H17ClF3N3OS/c30-26-10-9-17(12-25(26)29(31,32)33)11-21-16-35-28(38-21)36-27(37)20(15-34)14-24-22-7-3-1-5-18(22)13-19-6-2-4-8-23(19)24/h1-10,12-14,16H,11H2,(H,35,36,37). The smallest absolute Gasteiger partial charge is 0.297 e. The van der Waals surface area contributed by atoms with Gasteiger partial charge in [0.15, 0.2) is 5.13 Å². The lowest BCUT2D eigenvalue weighted by atomic mass is 9.95. The zero-order valence-corrected chi connectivity index (χ0v) is 21.1. The van der Waals surface area contributed by atoms with Crippen LogP contribution in [0.1, 0.15) is 21.6 Å². The minimum absolute atomic E-state index is 0.101. The van der Waals surface area contributed by atoms with Crippen LogP contribution in [0.15, 0.2) is 84.6 Å². The van der Waals surface area contributed by atoms with E-state index in [0.29, 0.717) is 10.4 Å². The number of nitriles is 1. The number of rotatable bonds is 5. The van der Waals surface area contributed by atoms with Crippen molar-refractivity contribution < 1.29 is 18.0 Å². The van der Waals surface area contributed by atoms with E-state index in [4.69, 9.17) is 11.6 Å². The van der Waals surface area contributed by atoms with Crippen LogP contribution in [0.4, 0.5) is 18.3 Å². The van der Waals surface area contributed by atoms with Crippen molar-refractivity contribution in [3.05, 3.63) is 111 Å². The molecule has 0 saturated heterocycles. The van der Waals surface area contributed by atoms with Gasteiger partial charge in [-0.1, -0.05) is 66.2 Å². The van der Waals surface area contributed by atoms with E-state index in [1.807, 2.05) is 54.6 Å². The molecule has 38 heavy (non-hydrogen) atoms. The van der Waals surface area contributed by atoms with Crippen molar-refractivity contribution in [2.75, 3.05) is 5.32 Å². The van der Waals surface area contributed by atoms with E-state index >= 15 is 0 Å². The molecule has 9 heteroatoms. The van der Waals surface area contributed by atoms with E-state index in [1.54, 1.807) is 6.08 Å². The van der Waals surface area contributed by atoms with Crippen LogP contribution in [0.25, 0.3) is 27.6 Å². The number of halogens is 4. The average Bonchev–Trinajstić information content (AvgIpc) is 3.33. The molecular formula is C29H17ClF3N3OS. The van der Waals surface area contributed by atoms with E-state index in [0.717, 1.165) is 44.5 Å². The van der Waals surface area contributed by atoms with Crippen molar-refractivity contribution >= 4 is 61.6 Å². The molecule has 1 amide bonds. The van der Waals surface area contributed by atoms with Crippen molar-refractivity contribution in [3.8, 4) is 6.07 Å². The summed E-state index contributed by atoms with van der Waals surface area (Å²) in [6.07, 6.45) is -1.33. The monoisotopic (exact) mass is 547 g/mol. The first-order chi connectivity index (χ1) is 18.2. The molecule has 1 aromatic heterocycles. The largest absolute Gasteiger partial charge is 0.417 e. The molecule has 0 atom stereocenters. The average molecular weight is 548 g/mol. The highest BCUT2D eigenvalue weighted by Crippen LogP contribution is 2.36. The molecule has 1 heterocycles. The highest BCUT2D eigenvalue weighted by Gasteiger charge is 2.33. The van der Waals surface area contributed by atoms with Gasteiger partial charge < -0.3 is 0 Å². The summed E-state index contributed by atoms with van der Waals surface area (Å²) in [6.45, 7) is 0. The summed E-state index contributed by atoms with van der Waals surface area (Å²) < 4.78 is 39.5. The van der Waals surface area contributed by atoms with Gasteiger partial charge >= 0.3 is 6.18 Å². The minimum Gasteiger partial charge on any atom is -0.297 e. The molecule has 0 spiro atoms. The lowest BCUT2D eigenvalue weighted by molar-refractivity contribution is -0.137. The van der Waals surface area contributed by atoms with Crippen molar-refractivity contribution in [1.82, 2.24) is 4.98 Å². The van der Waals surface area contributed by atoms with Crippen molar-refractivity contribution in [2.24, 2.45) is 0 Å². The van der Waals surface area contributed by atoms with Crippen LogP contribution in [-0.2, 0) is 17.4 Å². The molecule has 0 aliphatic heterocycles. The molecule has 0 fully saturated rings. The Morgan fingerprint density at radius 1 is 1.03 bits per heavy atom. The van der Waals surface area contributed by atoms with E-state index in [9.17, 15) is 23.2 Å². The second-order valence-electron chi connectivity index (χ2n) is 8.48. The van der Waals surface area contributed by atoms with E-state index < -0.39 is 17.6 Å². The Labute approximate surface area is 224 Å². The minimum atomic E-state index is -4.56. The number of aromatic nitrogens is 1. The SMILES string of the molecule is N#CC(=Cc1c2ccccc2cc2ccccc12)C(=O)Nc1ncc(Cc2ccc(Cl)c(C(F)(F)F)c2)s1. The van der Waals surface area contributed by atoms with Crippen molar-refractivity contribution in [2.45, 2.75) is 12.6 Å². The Bertz CT molecular complexity index is 1720. The van der Waals surface area contributed by atoms with Crippen LogP contribution in [-0.4, -0.2) is 10.9 Å². The fourth-order valence-electron chi connectivity index (χ4n) is 4.21. The number of hydrogen-bond acceptors (Lipinski definition) is 4. The maximum Gasteiger partial charge on any atom is 0.417 e. The molecule has 0 saturated carbocycles. The number of fused-ring (bicyclic) bond motifs is 2. The number of nitrogens with one attached hydrogen (secondary N) is 1. The maximum atomic E-state index is 13.2. The fourth-order valence-corrected chi connectivity index (χ4v) is 5.28. The predicted octanol–water partition coefficient (Wildman–Crippen LogP) is 8.26. The van der Waals surface area contributed by atoms with Crippen LogP contribution in [0, 0.1) is 11.3 Å². The Morgan fingerprint density at radius 3 is 2.32 bits per heavy atom. The highest BCUT2D eigenvalue weighted by molar-refractivity contribution is 7.15. The normalized spacial score (nSPS) is 12.0. The molecule has 1 N–H and O–H groups in total. The number of thiazole rings is 1. The van der Waals surface area contributed by atoms with Crippen LogP contribution in [0.5, 0.6) is 0 Å². The van der Waals surface area contributed by atoms with E-state index in [-0.39, 0.29) is 22.1 Å². The summed E-state index contributed by atoms with van der Waals surface area (Å²) in [5.74, 6) is -0.628. The van der Waals surface area contributed by atoms with Gasteiger partial charge in [0.25, 0.3) is 5.91 Å². The maximum absolute atomic E-state index is 13.2. The Hall–Kier alpha value is -4.19. The topological polar surface area (TPSA) is 65.8 Å². The van der Waals surface area contributed by atoms with Gasteiger partial charge in [0.2, 0.25) is 0 Å². The molecule has 5 aromatic rings. The summed E-state index contributed by atoms with van der Waals surface area (Å²) in [7, 11) is 0. The zero-order valence-electron chi connectivity index (χ0n) is 19.5. The van der Waals surface area contributed by atoms with Gasteiger partial charge in [-0.05, 0) is 56.9 Å². The first kappa shape index (κ1) is 25.5. The first-order valence-electron chi connectivity index (χ1n) is 11.4. The van der Waals surface area contributed by atoms with Crippen LogP contribution >= 0.6 is 22.9 Å². The van der Waals surface area contributed by atoms with E-state index in [1.165, 1.54) is 18.3 Å². The zero-order chi connectivity index (χ0) is 26.9. The summed E-state index contributed by atoms with van der Waals surface area (Å²) in [6, 6.07) is 23.2. The van der Waals surface area contributed by atoms with Crippen LogP contribution in [0.3, 0.4) is 0 Å². The number of alkyl halides is 3. The van der Waals surface area contributed by atoms with Crippen LogP contribution < -0.4 is 5.32 Å². The van der Waals surface area contributed by atoms with Crippen molar-refractivity contribution in [3.63, 3.8) is 0 Å². The molecule has 0 aliphatic carbocycles. The number of carbonyl (C=O) groups excluding carboxylic acids is 1. The molecule has 4 nitrogen and oxygen atoms in total. The first-order valence-corrected chi connectivity index (χ1v) is 12.6. The fraction of sp³-hybridized carbons (Fsp3) is 0.0690. The molecular weight excluding hydrogens is 531 g/mol. The summed E-state index contributed by atoms with van der Waals surface area (Å²) in [5.41, 5.74) is 0.160. The quantitative estimate of drug-likeness (QED) is 0.137. The Kier molecular flexibility index (Phi) is 6.89. The highest BCUT2D eigenvalue weighted by atomic mass is 35.5. The number of anilines is 1. The van der Waals surface area contributed by atoms with Gasteiger partial charge in [0, 0.05) is 17.5 Å². The number of carbonyl (C=O) groups is 1. The number of benzene rings is 4. The number of nitrogens with zero attached hydrogens (tertiary/aromatic N) is 2. The summed E-state index contributed by atoms with van der Waals surface area (Å²) in [5, 5.41) is 16.1. The Morgan fingerprint density at radius 2 is 1.68 bits per heavy atom. The second kappa shape index (κ2) is 10.3. The van der Waals surface area contributed by atoms with Gasteiger partial charge in [0.1, 0.15) is 11.6 Å². The molecule has 0 bridgehead atoms. The number of amides is 1. The molecule has 5 rings (SSSR count). The van der Waals surface area contributed by atoms with Crippen molar-refractivity contribution in [1.29, 1.82) is 5.26 Å². The summed E-state index contributed by atoms with van der Waals surface area (Å²) >= 11 is 6.82. The lowest BCUT2D eigenvalue weighted by Gasteiger charge is -2.10. The third-order valence-corrected chi connectivity index (χ3v) is 7.20. The van der Waals surface area contributed by atoms with Gasteiger partial charge in [-0.25, -0.2) is 4.98 Å². The molecule has 0 aliphatic rings. The van der Waals surface area contributed by atoms with Gasteiger partial charge in [-0.2, -0.15) is 18.4 Å². The molecule has 188 valence electrons. The predicted molar refractivity (Wildman–Crippen MR) is 145 cm³/mol.